The van der Waals surface area contributed by atoms with E-state index in [-0.39, 0.29) is 13.1 Å². The Balaban J connectivity index is 2.40. The zero-order valence-electron chi connectivity index (χ0n) is 8.19. The molecule has 0 atom stereocenters. The van der Waals surface area contributed by atoms with Crippen LogP contribution in [0.15, 0.2) is 10.6 Å². The first-order valence-corrected chi connectivity index (χ1v) is 5.42. The van der Waals surface area contributed by atoms with Gasteiger partial charge in [0.1, 0.15) is 0 Å². The number of halogens is 3. The van der Waals surface area contributed by atoms with E-state index in [2.05, 4.69) is 21.2 Å². The van der Waals surface area contributed by atoms with E-state index >= 15 is 0 Å². The largest absolute Gasteiger partial charge is 0.314 e. The maximum absolute atomic E-state index is 13.2. The lowest BCUT2D eigenvalue weighted by Crippen LogP contribution is -2.44. The maximum Gasteiger partial charge on any atom is 0.272 e. The van der Waals surface area contributed by atoms with E-state index in [4.69, 9.17) is 0 Å². The molecular formula is C9H15BrF2N2. The molecule has 1 rings (SSSR count). The van der Waals surface area contributed by atoms with E-state index < -0.39 is 5.92 Å². The van der Waals surface area contributed by atoms with E-state index in [1.165, 1.54) is 0 Å². The zero-order chi connectivity index (χ0) is 10.6. The average molecular weight is 269 g/mol. The van der Waals surface area contributed by atoms with E-state index in [1.54, 1.807) is 11.9 Å². The minimum atomic E-state index is -2.64. The Hall–Kier alpha value is -0.0000000000000000555. The second-order valence-electron chi connectivity index (χ2n) is 3.54. The highest BCUT2D eigenvalue weighted by molar-refractivity contribution is 9.11. The second kappa shape index (κ2) is 5.19. The van der Waals surface area contributed by atoms with Gasteiger partial charge in [0, 0.05) is 17.6 Å². The second-order valence-corrected chi connectivity index (χ2v) is 4.56. The van der Waals surface area contributed by atoms with Gasteiger partial charge in [0.05, 0.1) is 13.1 Å². The van der Waals surface area contributed by atoms with E-state index in [1.807, 2.05) is 6.08 Å². The summed E-state index contributed by atoms with van der Waals surface area (Å²) in [5.74, 6) is -2.64. The Morgan fingerprint density at radius 2 is 2.36 bits per heavy atom. The molecule has 2 nitrogen and oxygen atoms in total. The molecule has 0 amide bonds. The standard InChI is InChI=1S/C9H15BrF2N2/c1-13-6-9(11,12)7-14-4-2-3-8(10)5-14/h3,13H,2,4-7H2,1H3. The van der Waals surface area contributed by atoms with Gasteiger partial charge < -0.3 is 5.32 Å². The van der Waals surface area contributed by atoms with Crippen LogP contribution in [-0.4, -0.2) is 44.0 Å². The normalized spacial score (nSPS) is 19.6. The first-order valence-electron chi connectivity index (χ1n) is 4.63. The van der Waals surface area contributed by atoms with Gasteiger partial charge in [-0.2, -0.15) is 0 Å². The van der Waals surface area contributed by atoms with Gasteiger partial charge >= 0.3 is 0 Å². The lowest BCUT2D eigenvalue weighted by molar-refractivity contribution is -0.0271. The summed E-state index contributed by atoms with van der Waals surface area (Å²) in [6.07, 6.45) is 2.88. The lowest BCUT2D eigenvalue weighted by Gasteiger charge is -2.29. The van der Waals surface area contributed by atoms with Crippen LogP contribution in [0, 0.1) is 0 Å². The summed E-state index contributed by atoms with van der Waals surface area (Å²) in [4.78, 5) is 1.77. The minimum absolute atomic E-state index is 0.170. The molecule has 1 aliphatic rings. The van der Waals surface area contributed by atoms with Crippen molar-refractivity contribution < 1.29 is 8.78 Å². The van der Waals surface area contributed by atoms with Crippen LogP contribution in [0.25, 0.3) is 0 Å². The number of rotatable bonds is 4. The molecule has 1 N–H and O–H groups in total. The molecule has 0 bridgehead atoms. The van der Waals surface area contributed by atoms with Crippen LogP contribution >= 0.6 is 15.9 Å². The zero-order valence-corrected chi connectivity index (χ0v) is 9.78. The monoisotopic (exact) mass is 268 g/mol. The van der Waals surface area contributed by atoms with Gasteiger partial charge in [-0.25, -0.2) is 8.78 Å². The van der Waals surface area contributed by atoms with E-state index in [0.29, 0.717) is 13.1 Å². The molecule has 0 aromatic carbocycles. The molecule has 0 spiro atoms. The first-order chi connectivity index (χ1) is 6.53. The summed E-state index contributed by atoms with van der Waals surface area (Å²) >= 11 is 3.33. The number of hydrogen-bond acceptors (Lipinski definition) is 2. The molecule has 0 aromatic rings. The Morgan fingerprint density at radius 3 is 2.93 bits per heavy atom. The molecule has 0 aromatic heterocycles. The summed E-state index contributed by atoms with van der Waals surface area (Å²) in [5, 5.41) is 2.51. The fourth-order valence-corrected chi connectivity index (χ4v) is 2.12. The highest BCUT2D eigenvalue weighted by Crippen LogP contribution is 2.20. The van der Waals surface area contributed by atoms with Gasteiger partial charge in [-0.1, -0.05) is 22.0 Å². The van der Waals surface area contributed by atoms with Gasteiger partial charge in [0.25, 0.3) is 5.92 Å². The van der Waals surface area contributed by atoms with Crippen molar-refractivity contribution in [1.29, 1.82) is 0 Å². The highest BCUT2D eigenvalue weighted by atomic mass is 79.9. The summed E-state index contributed by atoms with van der Waals surface area (Å²) in [7, 11) is 1.54. The maximum atomic E-state index is 13.2. The number of alkyl halides is 2. The van der Waals surface area contributed by atoms with Crippen molar-refractivity contribution in [2.24, 2.45) is 0 Å². The molecular weight excluding hydrogens is 254 g/mol. The quantitative estimate of drug-likeness (QED) is 0.837. The fourth-order valence-electron chi connectivity index (χ4n) is 1.54. The third kappa shape index (κ3) is 4.02. The Labute approximate surface area is 91.5 Å². The molecule has 0 radical (unpaired) electrons. The molecule has 14 heavy (non-hydrogen) atoms. The van der Waals surface area contributed by atoms with Crippen LogP contribution in [0.1, 0.15) is 6.42 Å². The molecule has 5 heteroatoms. The molecule has 0 aliphatic carbocycles. The van der Waals surface area contributed by atoms with Crippen LogP contribution in [0.2, 0.25) is 0 Å². The Kier molecular flexibility index (Phi) is 4.47. The lowest BCUT2D eigenvalue weighted by atomic mass is 10.2. The number of hydrogen-bond donors (Lipinski definition) is 1. The van der Waals surface area contributed by atoms with E-state index in [0.717, 1.165) is 10.9 Å². The van der Waals surface area contributed by atoms with Crippen LogP contribution in [0.5, 0.6) is 0 Å². The molecule has 0 saturated carbocycles. The molecule has 0 fully saturated rings. The molecule has 0 saturated heterocycles. The summed E-state index contributed by atoms with van der Waals surface area (Å²) < 4.78 is 27.4. The average Bonchev–Trinajstić information content (AvgIpc) is 2.02. The van der Waals surface area contributed by atoms with Gasteiger partial charge in [-0.3, -0.25) is 4.90 Å². The van der Waals surface area contributed by atoms with Crippen LogP contribution < -0.4 is 5.32 Å². The van der Waals surface area contributed by atoms with Gasteiger partial charge in [0.15, 0.2) is 0 Å². The Morgan fingerprint density at radius 1 is 1.64 bits per heavy atom. The smallest absolute Gasteiger partial charge is 0.272 e. The van der Waals surface area contributed by atoms with Crippen molar-refractivity contribution in [3.8, 4) is 0 Å². The van der Waals surface area contributed by atoms with Crippen molar-refractivity contribution in [1.82, 2.24) is 10.2 Å². The SMILES string of the molecule is CNCC(F)(F)CN1CCC=C(Br)C1. The Bertz CT molecular complexity index is 219. The van der Waals surface area contributed by atoms with Gasteiger partial charge in [-0.05, 0) is 13.5 Å². The van der Waals surface area contributed by atoms with Crippen molar-refractivity contribution >= 4 is 15.9 Å². The van der Waals surface area contributed by atoms with Crippen LogP contribution in [0.3, 0.4) is 0 Å². The summed E-state index contributed by atoms with van der Waals surface area (Å²) in [6, 6.07) is 0. The molecule has 1 aliphatic heterocycles. The highest BCUT2D eigenvalue weighted by Gasteiger charge is 2.31. The molecule has 82 valence electrons. The van der Waals surface area contributed by atoms with Gasteiger partial charge in [-0.15, -0.1) is 0 Å². The molecule has 1 heterocycles. The van der Waals surface area contributed by atoms with Crippen molar-refractivity contribution in [2.75, 3.05) is 33.2 Å². The summed E-state index contributed by atoms with van der Waals surface area (Å²) in [6.45, 7) is 0.884. The molecule has 0 unspecified atom stereocenters. The van der Waals surface area contributed by atoms with Crippen molar-refractivity contribution in [2.45, 2.75) is 12.3 Å². The number of nitrogens with one attached hydrogen (secondary N) is 1. The predicted molar refractivity (Wildman–Crippen MR) is 56.9 cm³/mol. The van der Waals surface area contributed by atoms with Crippen LogP contribution in [-0.2, 0) is 0 Å². The topological polar surface area (TPSA) is 15.3 Å². The van der Waals surface area contributed by atoms with Gasteiger partial charge in [0.2, 0.25) is 0 Å². The predicted octanol–water partition coefficient (Wildman–Crippen LogP) is 1.83. The minimum Gasteiger partial charge on any atom is -0.314 e. The fraction of sp³-hybridized carbons (Fsp3) is 0.778. The van der Waals surface area contributed by atoms with Crippen LogP contribution in [0.4, 0.5) is 8.78 Å². The van der Waals surface area contributed by atoms with Crippen molar-refractivity contribution in [3.05, 3.63) is 10.6 Å². The third-order valence-corrected chi connectivity index (χ3v) is 2.65. The van der Waals surface area contributed by atoms with E-state index in [9.17, 15) is 8.78 Å². The summed E-state index contributed by atoms with van der Waals surface area (Å²) in [5.41, 5.74) is 0. The first kappa shape index (κ1) is 12.1. The third-order valence-electron chi connectivity index (χ3n) is 2.08. The number of nitrogens with zero attached hydrogens (tertiary/aromatic N) is 1. The van der Waals surface area contributed by atoms with Crippen molar-refractivity contribution in [3.63, 3.8) is 0 Å².